The molecule has 62 valence electrons. The smallest absolute Gasteiger partial charge is 0.105 e. The molecule has 1 rings (SSSR count). The second-order valence-electron chi connectivity index (χ2n) is 2.81. The highest BCUT2D eigenvalue weighted by Gasteiger charge is 2.09. The van der Waals surface area contributed by atoms with Gasteiger partial charge in [0.25, 0.3) is 0 Å². The molecule has 3 heteroatoms. The lowest BCUT2D eigenvalue weighted by atomic mass is 10.1. The Morgan fingerprint density at radius 2 is 2.27 bits per heavy atom. The maximum absolute atomic E-state index is 5.72. The van der Waals surface area contributed by atoms with E-state index in [1.54, 1.807) is 6.26 Å². The first kappa shape index (κ1) is 8.30. The third-order valence-corrected chi connectivity index (χ3v) is 1.69. The van der Waals surface area contributed by atoms with E-state index in [0.29, 0.717) is 6.42 Å². The molecule has 3 nitrogen and oxygen atoms in total. The molecule has 0 radical (unpaired) electrons. The Labute approximate surface area is 66.4 Å². The van der Waals surface area contributed by atoms with Crippen LogP contribution in [0.1, 0.15) is 12.7 Å². The van der Waals surface area contributed by atoms with Gasteiger partial charge in [-0.05, 0) is 19.1 Å². The van der Waals surface area contributed by atoms with Crippen molar-refractivity contribution in [1.29, 1.82) is 0 Å². The van der Waals surface area contributed by atoms with Crippen LogP contribution in [0.25, 0.3) is 0 Å². The molecule has 0 bridgehead atoms. The monoisotopic (exact) mass is 154 g/mol. The SMILES string of the molecule is CC(N)C(N)Cc1ccco1. The zero-order chi connectivity index (χ0) is 8.27. The van der Waals surface area contributed by atoms with E-state index in [4.69, 9.17) is 15.9 Å². The molecule has 2 unspecified atom stereocenters. The maximum atomic E-state index is 5.72. The molecule has 0 saturated carbocycles. The molecule has 1 heterocycles. The van der Waals surface area contributed by atoms with Crippen molar-refractivity contribution in [2.75, 3.05) is 0 Å². The molecule has 11 heavy (non-hydrogen) atoms. The van der Waals surface area contributed by atoms with Crippen LogP contribution in [0.4, 0.5) is 0 Å². The highest BCUT2D eigenvalue weighted by Crippen LogP contribution is 2.03. The van der Waals surface area contributed by atoms with Gasteiger partial charge in [-0.1, -0.05) is 0 Å². The van der Waals surface area contributed by atoms with E-state index in [0.717, 1.165) is 5.76 Å². The van der Waals surface area contributed by atoms with Crippen molar-refractivity contribution in [3.63, 3.8) is 0 Å². The second kappa shape index (κ2) is 3.55. The third kappa shape index (κ3) is 2.37. The van der Waals surface area contributed by atoms with E-state index in [9.17, 15) is 0 Å². The third-order valence-electron chi connectivity index (χ3n) is 1.69. The molecule has 0 fully saturated rings. The number of hydrogen-bond acceptors (Lipinski definition) is 3. The normalized spacial score (nSPS) is 16.3. The molecule has 0 aromatic carbocycles. The quantitative estimate of drug-likeness (QED) is 0.666. The molecule has 1 aromatic rings. The molecular formula is C8H14N2O. The lowest BCUT2D eigenvalue weighted by Crippen LogP contribution is -2.40. The number of rotatable bonds is 3. The summed E-state index contributed by atoms with van der Waals surface area (Å²) in [7, 11) is 0. The summed E-state index contributed by atoms with van der Waals surface area (Å²) in [6, 6.07) is 3.76. The minimum atomic E-state index is -0.0128. The Balaban J connectivity index is 2.43. The van der Waals surface area contributed by atoms with Crippen LogP contribution >= 0.6 is 0 Å². The van der Waals surface area contributed by atoms with Crippen molar-refractivity contribution in [3.8, 4) is 0 Å². The van der Waals surface area contributed by atoms with Crippen molar-refractivity contribution in [2.45, 2.75) is 25.4 Å². The molecule has 2 atom stereocenters. The van der Waals surface area contributed by atoms with Gasteiger partial charge in [-0.15, -0.1) is 0 Å². The van der Waals surface area contributed by atoms with E-state index in [2.05, 4.69) is 0 Å². The van der Waals surface area contributed by atoms with E-state index < -0.39 is 0 Å². The van der Waals surface area contributed by atoms with Crippen LogP contribution in [0.5, 0.6) is 0 Å². The molecule has 0 amide bonds. The topological polar surface area (TPSA) is 65.2 Å². The number of hydrogen-bond donors (Lipinski definition) is 2. The fourth-order valence-corrected chi connectivity index (χ4v) is 0.847. The van der Waals surface area contributed by atoms with Crippen molar-refractivity contribution in [2.24, 2.45) is 11.5 Å². The van der Waals surface area contributed by atoms with Gasteiger partial charge in [0.05, 0.1) is 6.26 Å². The summed E-state index contributed by atoms with van der Waals surface area (Å²) in [5.41, 5.74) is 11.3. The van der Waals surface area contributed by atoms with E-state index in [1.165, 1.54) is 0 Å². The minimum Gasteiger partial charge on any atom is -0.469 e. The molecule has 4 N–H and O–H groups in total. The van der Waals surface area contributed by atoms with E-state index in [1.807, 2.05) is 19.1 Å². The van der Waals surface area contributed by atoms with Gasteiger partial charge in [-0.3, -0.25) is 0 Å². The van der Waals surface area contributed by atoms with Crippen LogP contribution in [0, 0.1) is 0 Å². The molecule has 0 saturated heterocycles. The lowest BCUT2D eigenvalue weighted by Gasteiger charge is -2.13. The van der Waals surface area contributed by atoms with Crippen molar-refractivity contribution >= 4 is 0 Å². The average Bonchev–Trinajstić information content (AvgIpc) is 2.39. The number of nitrogens with two attached hydrogens (primary N) is 2. The van der Waals surface area contributed by atoms with Crippen molar-refractivity contribution in [3.05, 3.63) is 24.2 Å². The van der Waals surface area contributed by atoms with Gasteiger partial charge < -0.3 is 15.9 Å². The first-order chi connectivity index (χ1) is 5.20. The zero-order valence-corrected chi connectivity index (χ0v) is 6.66. The van der Waals surface area contributed by atoms with Crippen LogP contribution in [0.3, 0.4) is 0 Å². The highest BCUT2D eigenvalue weighted by molar-refractivity contribution is 5.01. The molecule has 1 aromatic heterocycles. The van der Waals surface area contributed by atoms with Gasteiger partial charge in [0.2, 0.25) is 0 Å². The van der Waals surface area contributed by atoms with Crippen molar-refractivity contribution < 1.29 is 4.42 Å². The lowest BCUT2D eigenvalue weighted by molar-refractivity contribution is 0.460. The highest BCUT2D eigenvalue weighted by atomic mass is 16.3. The van der Waals surface area contributed by atoms with Gasteiger partial charge in [0, 0.05) is 18.5 Å². The van der Waals surface area contributed by atoms with Crippen LogP contribution < -0.4 is 11.5 Å². The van der Waals surface area contributed by atoms with Gasteiger partial charge >= 0.3 is 0 Å². The summed E-state index contributed by atoms with van der Waals surface area (Å²) >= 11 is 0. The maximum Gasteiger partial charge on any atom is 0.105 e. The molecule has 0 spiro atoms. The Morgan fingerprint density at radius 3 is 2.73 bits per heavy atom. The first-order valence-electron chi connectivity index (χ1n) is 3.73. The fourth-order valence-electron chi connectivity index (χ4n) is 0.847. The first-order valence-corrected chi connectivity index (χ1v) is 3.73. The fraction of sp³-hybridized carbons (Fsp3) is 0.500. The molecular weight excluding hydrogens is 140 g/mol. The summed E-state index contributed by atoms with van der Waals surface area (Å²) in [5, 5.41) is 0. The van der Waals surface area contributed by atoms with E-state index >= 15 is 0 Å². The predicted molar refractivity (Wildman–Crippen MR) is 44.0 cm³/mol. The van der Waals surface area contributed by atoms with Gasteiger partial charge in [-0.25, -0.2) is 0 Å². The van der Waals surface area contributed by atoms with Crippen molar-refractivity contribution in [1.82, 2.24) is 0 Å². The zero-order valence-electron chi connectivity index (χ0n) is 6.66. The molecule has 0 aliphatic rings. The Morgan fingerprint density at radius 1 is 1.55 bits per heavy atom. The largest absolute Gasteiger partial charge is 0.469 e. The summed E-state index contributed by atoms with van der Waals surface area (Å²) in [5.74, 6) is 0.898. The predicted octanol–water partition coefficient (Wildman–Crippen LogP) is 0.497. The second-order valence-corrected chi connectivity index (χ2v) is 2.81. The van der Waals surface area contributed by atoms with Crippen LogP contribution in [0.15, 0.2) is 22.8 Å². The average molecular weight is 154 g/mol. The van der Waals surface area contributed by atoms with Crippen LogP contribution in [0.2, 0.25) is 0 Å². The minimum absolute atomic E-state index is 0.0128. The van der Waals surface area contributed by atoms with E-state index in [-0.39, 0.29) is 12.1 Å². The number of furan rings is 1. The standard InChI is InChI=1S/C8H14N2O/c1-6(9)8(10)5-7-3-2-4-11-7/h2-4,6,8H,5,9-10H2,1H3. The summed E-state index contributed by atoms with van der Waals surface area (Å²) < 4.78 is 5.12. The van der Waals surface area contributed by atoms with Crippen LogP contribution in [-0.4, -0.2) is 12.1 Å². The Kier molecular flexibility index (Phi) is 2.68. The van der Waals surface area contributed by atoms with Gasteiger partial charge in [0.1, 0.15) is 5.76 Å². The molecule has 0 aliphatic carbocycles. The van der Waals surface area contributed by atoms with Gasteiger partial charge in [0.15, 0.2) is 0 Å². The van der Waals surface area contributed by atoms with Crippen LogP contribution in [-0.2, 0) is 6.42 Å². The summed E-state index contributed by atoms with van der Waals surface area (Å²) in [6.07, 6.45) is 2.36. The summed E-state index contributed by atoms with van der Waals surface area (Å²) in [4.78, 5) is 0. The Hall–Kier alpha value is -0.800. The molecule has 0 aliphatic heterocycles. The van der Waals surface area contributed by atoms with Gasteiger partial charge in [-0.2, -0.15) is 0 Å². The Bertz CT molecular complexity index is 194. The summed E-state index contributed by atoms with van der Waals surface area (Å²) in [6.45, 7) is 1.90.